The summed E-state index contributed by atoms with van der Waals surface area (Å²) in [7, 11) is 0. The molecule has 0 aliphatic heterocycles. The molecule has 0 saturated heterocycles. The van der Waals surface area contributed by atoms with Crippen molar-refractivity contribution in [2.45, 2.75) is 19.4 Å². The van der Waals surface area contributed by atoms with E-state index in [1.165, 1.54) is 6.07 Å². The van der Waals surface area contributed by atoms with E-state index in [4.69, 9.17) is 6.42 Å². The zero-order valence-corrected chi connectivity index (χ0v) is 9.14. The molecule has 0 aliphatic rings. The first-order chi connectivity index (χ1) is 7.65. The van der Waals surface area contributed by atoms with Gasteiger partial charge in [0.1, 0.15) is 0 Å². The Kier molecular flexibility index (Phi) is 4.49. The lowest BCUT2D eigenvalue weighted by Crippen LogP contribution is -2.19. The topological polar surface area (TPSA) is 55.2 Å². The van der Waals surface area contributed by atoms with Crippen LogP contribution in [0.5, 0.6) is 0 Å². The summed E-state index contributed by atoms with van der Waals surface area (Å²) in [4.78, 5) is 10.2. The van der Waals surface area contributed by atoms with E-state index in [0.29, 0.717) is 13.0 Å². The predicted molar refractivity (Wildman–Crippen MR) is 63.0 cm³/mol. The smallest absolute Gasteiger partial charge is 0.269 e. The molecule has 0 aliphatic carbocycles. The van der Waals surface area contributed by atoms with Crippen LogP contribution >= 0.6 is 0 Å². The minimum atomic E-state index is -0.391. The summed E-state index contributed by atoms with van der Waals surface area (Å²) in [5, 5.41) is 13.8. The Labute approximate surface area is 94.8 Å². The summed E-state index contributed by atoms with van der Waals surface area (Å²) in [5.74, 6) is 2.53. The Balaban J connectivity index is 2.68. The van der Waals surface area contributed by atoms with Gasteiger partial charge in [-0.05, 0) is 12.5 Å². The Morgan fingerprint density at radius 2 is 2.38 bits per heavy atom. The van der Waals surface area contributed by atoms with Gasteiger partial charge in [-0.2, -0.15) is 0 Å². The average molecular weight is 218 g/mol. The van der Waals surface area contributed by atoms with Gasteiger partial charge in [-0.15, -0.1) is 12.3 Å². The van der Waals surface area contributed by atoms with Gasteiger partial charge >= 0.3 is 0 Å². The summed E-state index contributed by atoms with van der Waals surface area (Å²) < 4.78 is 0. The third-order valence-electron chi connectivity index (χ3n) is 2.30. The van der Waals surface area contributed by atoms with Crippen LogP contribution in [-0.2, 0) is 0 Å². The van der Waals surface area contributed by atoms with E-state index in [-0.39, 0.29) is 11.7 Å². The predicted octanol–water partition coefficient (Wildman–Crippen LogP) is 2.27. The third kappa shape index (κ3) is 3.37. The van der Waals surface area contributed by atoms with Crippen molar-refractivity contribution in [3.8, 4) is 12.3 Å². The van der Waals surface area contributed by atoms with Crippen LogP contribution in [0.15, 0.2) is 24.3 Å². The van der Waals surface area contributed by atoms with Crippen LogP contribution in [0.4, 0.5) is 5.69 Å². The molecule has 1 unspecified atom stereocenters. The van der Waals surface area contributed by atoms with Crippen molar-refractivity contribution in [1.82, 2.24) is 5.32 Å². The second kappa shape index (κ2) is 5.89. The van der Waals surface area contributed by atoms with E-state index < -0.39 is 4.92 Å². The number of hydrogen-bond acceptors (Lipinski definition) is 3. The van der Waals surface area contributed by atoms with Crippen LogP contribution in [-0.4, -0.2) is 11.5 Å². The SMILES string of the molecule is C#CCCNC(C)c1cccc([N+](=O)[O-])c1. The van der Waals surface area contributed by atoms with Gasteiger partial charge in [0.25, 0.3) is 5.69 Å². The molecule has 1 atom stereocenters. The van der Waals surface area contributed by atoms with Gasteiger partial charge in [0.2, 0.25) is 0 Å². The number of nitrogens with zero attached hydrogens (tertiary/aromatic N) is 1. The lowest BCUT2D eigenvalue weighted by molar-refractivity contribution is -0.384. The van der Waals surface area contributed by atoms with Gasteiger partial charge < -0.3 is 5.32 Å². The van der Waals surface area contributed by atoms with Gasteiger partial charge in [0.15, 0.2) is 0 Å². The van der Waals surface area contributed by atoms with Crippen LogP contribution in [0.2, 0.25) is 0 Å². The fourth-order valence-corrected chi connectivity index (χ4v) is 1.39. The highest BCUT2D eigenvalue weighted by Crippen LogP contribution is 2.18. The molecule has 1 N–H and O–H groups in total. The molecule has 0 fully saturated rings. The largest absolute Gasteiger partial charge is 0.309 e. The average Bonchev–Trinajstić information content (AvgIpc) is 2.29. The molecule has 1 aromatic carbocycles. The van der Waals surface area contributed by atoms with Crippen LogP contribution in [0.25, 0.3) is 0 Å². The molecule has 0 aromatic heterocycles. The lowest BCUT2D eigenvalue weighted by Gasteiger charge is -2.12. The second-order valence-electron chi connectivity index (χ2n) is 3.48. The van der Waals surface area contributed by atoms with Gasteiger partial charge in [-0.1, -0.05) is 12.1 Å². The third-order valence-corrected chi connectivity index (χ3v) is 2.30. The van der Waals surface area contributed by atoms with Crippen molar-refractivity contribution in [1.29, 1.82) is 0 Å². The first kappa shape index (κ1) is 12.2. The van der Waals surface area contributed by atoms with E-state index in [9.17, 15) is 10.1 Å². The summed E-state index contributed by atoms with van der Waals surface area (Å²) in [6, 6.07) is 6.67. The van der Waals surface area contributed by atoms with Crippen molar-refractivity contribution in [2.24, 2.45) is 0 Å². The monoisotopic (exact) mass is 218 g/mol. The maximum Gasteiger partial charge on any atom is 0.269 e. The molecule has 4 heteroatoms. The summed E-state index contributed by atoms with van der Waals surface area (Å²) in [6.07, 6.45) is 5.79. The molecule has 1 rings (SSSR count). The summed E-state index contributed by atoms with van der Waals surface area (Å²) in [5.41, 5.74) is 1.01. The fraction of sp³-hybridized carbons (Fsp3) is 0.333. The van der Waals surface area contributed by atoms with Crippen molar-refractivity contribution >= 4 is 5.69 Å². The molecule has 0 amide bonds. The number of benzene rings is 1. The second-order valence-corrected chi connectivity index (χ2v) is 3.48. The minimum Gasteiger partial charge on any atom is -0.309 e. The van der Waals surface area contributed by atoms with Crippen molar-refractivity contribution in [3.63, 3.8) is 0 Å². The number of nitrogens with one attached hydrogen (secondary N) is 1. The van der Waals surface area contributed by atoms with Crippen molar-refractivity contribution in [2.75, 3.05) is 6.54 Å². The summed E-state index contributed by atoms with van der Waals surface area (Å²) in [6.45, 7) is 2.66. The molecule has 0 heterocycles. The summed E-state index contributed by atoms with van der Waals surface area (Å²) >= 11 is 0. The van der Waals surface area contributed by atoms with Crippen LogP contribution in [0, 0.1) is 22.5 Å². The number of nitro groups is 1. The van der Waals surface area contributed by atoms with Crippen molar-refractivity contribution in [3.05, 3.63) is 39.9 Å². The normalized spacial score (nSPS) is 11.8. The Morgan fingerprint density at radius 1 is 1.62 bits per heavy atom. The van der Waals surface area contributed by atoms with Crippen LogP contribution in [0.3, 0.4) is 0 Å². The van der Waals surface area contributed by atoms with Gasteiger partial charge in [-0.25, -0.2) is 0 Å². The molecule has 0 saturated carbocycles. The quantitative estimate of drug-likeness (QED) is 0.357. The lowest BCUT2D eigenvalue weighted by atomic mass is 10.1. The maximum absolute atomic E-state index is 10.6. The molecule has 4 nitrogen and oxygen atoms in total. The molecular weight excluding hydrogens is 204 g/mol. The molecule has 0 radical (unpaired) electrons. The van der Waals surface area contributed by atoms with Gasteiger partial charge in [0.05, 0.1) is 4.92 Å². The molecule has 16 heavy (non-hydrogen) atoms. The van der Waals surface area contributed by atoms with E-state index >= 15 is 0 Å². The van der Waals surface area contributed by atoms with Gasteiger partial charge in [-0.3, -0.25) is 10.1 Å². The number of hydrogen-bond donors (Lipinski definition) is 1. The number of non-ortho nitro benzene ring substituents is 1. The van der Waals surface area contributed by atoms with Crippen LogP contribution < -0.4 is 5.32 Å². The van der Waals surface area contributed by atoms with E-state index in [1.807, 2.05) is 13.0 Å². The number of rotatable bonds is 5. The maximum atomic E-state index is 10.6. The standard InChI is InChI=1S/C12H14N2O2/c1-3-4-8-13-10(2)11-6-5-7-12(9-11)14(15)16/h1,5-7,9-10,13H,4,8H2,2H3. The Bertz CT molecular complexity index is 410. The highest BCUT2D eigenvalue weighted by Gasteiger charge is 2.09. The highest BCUT2D eigenvalue weighted by molar-refractivity contribution is 5.35. The number of nitro benzene ring substituents is 1. The Morgan fingerprint density at radius 3 is 3.00 bits per heavy atom. The molecule has 0 spiro atoms. The zero-order valence-electron chi connectivity index (χ0n) is 9.14. The number of terminal acetylenes is 1. The first-order valence-electron chi connectivity index (χ1n) is 5.06. The molecule has 0 bridgehead atoms. The van der Waals surface area contributed by atoms with E-state index in [2.05, 4.69) is 11.2 Å². The zero-order chi connectivity index (χ0) is 12.0. The van der Waals surface area contributed by atoms with Gasteiger partial charge in [0, 0.05) is 31.1 Å². The molecule has 84 valence electrons. The van der Waals surface area contributed by atoms with E-state index in [0.717, 1.165) is 5.56 Å². The first-order valence-corrected chi connectivity index (χ1v) is 5.06. The molecule has 1 aromatic rings. The Hall–Kier alpha value is -1.86. The molecular formula is C12H14N2O2. The van der Waals surface area contributed by atoms with Crippen molar-refractivity contribution < 1.29 is 4.92 Å². The minimum absolute atomic E-state index is 0.0632. The fourth-order valence-electron chi connectivity index (χ4n) is 1.39. The van der Waals surface area contributed by atoms with E-state index in [1.54, 1.807) is 12.1 Å². The van der Waals surface area contributed by atoms with Crippen LogP contribution in [0.1, 0.15) is 24.9 Å². The highest BCUT2D eigenvalue weighted by atomic mass is 16.6.